The SMILES string of the molecule is CCCC(=O)c1c(-c2ccccc2)c2c3n(c(-c4ccc(OC)cc4)cn13)CCCC2. The molecule has 0 spiro atoms. The molecule has 5 rings (SSSR count). The number of imidazole rings is 1. The van der Waals surface area contributed by atoms with Crippen LogP contribution >= 0.6 is 0 Å². The molecule has 158 valence electrons. The second-order valence-corrected chi connectivity index (χ2v) is 8.29. The van der Waals surface area contributed by atoms with Gasteiger partial charge in [0.15, 0.2) is 5.78 Å². The molecule has 0 saturated carbocycles. The zero-order valence-corrected chi connectivity index (χ0v) is 18.2. The number of ether oxygens (including phenoxy) is 1. The maximum absolute atomic E-state index is 13.4. The second kappa shape index (κ2) is 8.10. The minimum absolute atomic E-state index is 0.224. The summed E-state index contributed by atoms with van der Waals surface area (Å²) in [6, 6.07) is 18.6. The lowest BCUT2D eigenvalue weighted by atomic mass is 9.96. The van der Waals surface area contributed by atoms with Crippen molar-refractivity contribution in [3.63, 3.8) is 0 Å². The molecule has 31 heavy (non-hydrogen) atoms. The van der Waals surface area contributed by atoms with Gasteiger partial charge in [-0.3, -0.25) is 9.20 Å². The van der Waals surface area contributed by atoms with Crippen molar-refractivity contribution in [2.24, 2.45) is 0 Å². The van der Waals surface area contributed by atoms with Gasteiger partial charge in [0.2, 0.25) is 0 Å². The second-order valence-electron chi connectivity index (χ2n) is 8.29. The Bertz CT molecular complexity index is 1230. The highest BCUT2D eigenvalue weighted by molar-refractivity contribution is 6.04. The number of Topliss-reactive ketones (excluding diaryl/α,β-unsaturated/α-hetero) is 1. The Morgan fingerprint density at radius 2 is 1.77 bits per heavy atom. The summed E-state index contributed by atoms with van der Waals surface area (Å²) in [6.07, 6.45) is 6.84. The molecule has 0 N–H and O–H groups in total. The van der Waals surface area contributed by atoms with Gasteiger partial charge in [-0.25, -0.2) is 0 Å². The molecular formula is C27H28N2O2. The van der Waals surface area contributed by atoms with E-state index in [-0.39, 0.29) is 5.78 Å². The van der Waals surface area contributed by atoms with Crippen molar-refractivity contribution >= 4 is 11.4 Å². The first-order valence-electron chi connectivity index (χ1n) is 11.2. The molecule has 0 unspecified atom stereocenters. The van der Waals surface area contributed by atoms with Gasteiger partial charge < -0.3 is 9.30 Å². The molecule has 2 aromatic carbocycles. The van der Waals surface area contributed by atoms with E-state index in [2.05, 4.69) is 58.5 Å². The van der Waals surface area contributed by atoms with Crippen LogP contribution in [0.15, 0.2) is 60.8 Å². The number of rotatable bonds is 6. The molecule has 0 fully saturated rings. The lowest BCUT2D eigenvalue weighted by Gasteiger charge is -2.09. The largest absolute Gasteiger partial charge is 0.497 e. The minimum Gasteiger partial charge on any atom is -0.497 e. The van der Waals surface area contributed by atoms with Crippen molar-refractivity contribution in [3.05, 3.63) is 72.1 Å². The first-order chi connectivity index (χ1) is 15.2. The normalized spacial score (nSPS) is 13.4. The lowest BCUT2D eigenvalue weighted by Crippen LogP contribution is -2.04. The number of hydrogen-bond donors (Lipinski definition) is 0. The summed E-state index contributed by atoms with van der Waals surface area (Å²) in [5.41, 5.74) is 7.91. The molecule has 1 aliphatic heterocycles. The van der Waals surface area contributed by atoms with Gasteiger partial charge in [0.05, 0.1) is 18.5 Å². The smallest absolute Gasteiger partial charge is 0.180 e. The van der Waals surface area contributed by atoms with Gasteiger partial charge in [-0.2, -0.15) is 0 Å². The Balaban J connectivity index is 1.80. The van der Waals surface area contributed by atoms with E-state index in [0.717, 1.165) is 66.1 Å². The van der Waals surface area contributed by atoms with Gasteiger partial charge in [0.1, 0.15) is 11.4 Å². The maximum Gasteiger partial charge on any atom is 0.180 e. The monoisotopic (exact) mass is 412 g/mol. The number of hydrogen-bond acceptors (Lipinski definition) is 2. The molecule has 2 aromatic heterocycles. The summed E-state index contributed by atoms with van der Waals surface area (Å²) in [5, 5.41) is 0. The summed E-state index contributed by atoms with van der Waals surface area (Å²) in [7, 11) is 1.69. The van der Waals surface area contributed by atoms with Crippen LogP contribution in [0.1, 0.15) is 48.7 Å². The summed E-state index contributed by atoms with van der Waals surface area (Å²) < 4.78 is 9.94. The average molecular weight is 413 g/mol. The van der Waals surface area contributed by atoms with Crippen LogP contribution in [0.3, 0.4) is 0 Å². The number of ketones is 1. The van der Waals surface area contributed by atoms with Crippen LogP contribution in [0.4, 0.5) is 0 Å². The molecule has 4 nitrogen and oxygen atoms in total. The fourth-order valence-corrected chi connectivity index (χ4v) is 4.91. The van der Waals surface area contributed by atoms with Crippen molar-refractivity contribution in [3.8, 4) is 28.1 Å². The summed E-state index contributed by atoms with van der Waals surface area (Å²) >= 11 is 0. The zero-order valence-electron chi connectivity index (χ0n) is 18.2. The molecule has 0 amide bonds. The quantitative estimate of drug-likeness (QED) is 0.343. The third-order valence-electron chi connectivity index (χ3n) is 6.32. The molecule has 0 radical (unpaired) electrons. The van der Waals surface area contributed by atoms with Crippen LogP contribution in [0.5, 0.6) is 5.75 Å². The van der Waals surface area contributed by atoms with Gasteiger partial charge in [0, 0.05) is 30.3 Å². The Hall–Kier alpha value is -3.27. The molecule has 4 aromatic rings. The van der Waals surface area contributed by atoms with Crippen LogP contribution < -0.4 is 4.74 Å². The number of benzene rings is 2. The van der Waals surface area contributed by atoms with Gasteiger partial charge in [-0.1, -0.05) is 37.3 Å². The summed E-state index contributed by atoms with van der Waals surface area (Å²) in [6.45, 7) is 3.04. The van der Waals surface area contributed by atoms with Crippen LogP contribution in [-0.4, -0.2) is 21.9 Å². The van der Waals surface area contributed by atoms with Gasteiger partial charge >= 0.3 is 0 Å². The van der Waals surface area contributed by atoms with Crippen molar-refractivity contribution in [1.29, 1.82) is 0 Å². The van der Waals surface area contributed by atoms with Crippen LogP contribution in [0.2, 0.25) is 0 Å². The average Bonchev–Trinajstić information content (AvgIpc) is 3.23. The topological polar surface area (TPSA) is 35.6 Å². The molecule has 0 atom stereocenters. The molecule has 0 bridgehead atoms. The summed E-state index contributed by atoms with van der Waals surface area (Å²) in [4.78, 5) is 13.4. The predicted octanol–water partition coefficient (Wildman–Crippen LogP) is 6.40. The molecule has 1 aliphatic rings. The van der Waals surface area contributed by atoms with E-state index in [1.807, 2.05) is 18.2 Å². The van der Waals surface area contributed by atoms with Crippen LogP contribution in [0.25, 0.3) is 28.0 Å². The molecule has 0 saturated heterocycles. The van der Waals surface area contributed by atoms with Crippen LogP contribution in [-0.2, 0) is 13.0 Å². The number of methoxy groups -OCH3 is 1. The molecule has 0 aliphatic carbocycles. The molecule has 3 heterocycles. The van der Waals surface area contributed by atoms with E-state index in [4.69, 9.17) is 4.74 Å². The van der Waals surface area contributed by atoms with Crippen LogP contribution in [0, 0.1) is 0 Å². The Morgan fingerprint density at radius 3 is 2.48 bits per heavy atom. The fraction of sp³-hybridized carbons (Fsp3) is 0.296. The van der Waals surface area contributed by atoms with Crippen molar-refractivity contribution in [2.75, 3.05) is 7.11 Å². The number of aryl methyl sites for hydroxylation is 2. The third-order valence-corrected chi connectivity index (χ3v) is 6.32. The van der Waals surface area contributed by atoms with Gasteiger partial charge in [0.25, 0.3) is 0 Å². The Labute approximate surface area is 183 Å². The first-order valence-corrected chi connectivity index (χ1v) is 11.2. The van der Waals surface area contributed by atoms with Gasteiger partial charge in [-0.05, 0) is 61.1 Å². The van der Waals surface area contributed by atoms with E-state index in [1.165, 1.54) is 11.2 Å². The van der Waals surface area contributed by atoms with Crippen molar-refractivity contribution in [2.45, 2.75) is 45.6 Å². The van der Waals surface area contributed by atoms with E-state index in [1.54, 1.807) is 7.11 Å². The van der Waals surface area contributed by atoms with E-state index < -0.39 is 0 Å². The number of carbonyl (C=O) groups is 1. The third kappa shape index (κ3) is 3.27. The predicted molar refractivity (Wildman–Crippen MR) is 125 cm³/mol. The lowest BCUT2D eigenvalue weighted by molar-refractivity contribution is 0.0977. The number of nitrogens with zero attached hydrogens (tertiary/aromatic N) is 2. The minimum atomic E-state index is 0.224. The van der Waals surface area contributed by atoms with Crippen molar-refractivity contribution < 1.29 is 9.53 Å². The zero-order chi connectivity index (χ0) is 21.4. The van der Waals surface area contributed by atoms with E-state index in [9.17, 15) is 4.79 Å². The van der Waals surface area contributed by atoms with Crippen molar-refractivity contribution in [1.82, 2.24) is 8.97 Å². The fourth-order valence-electron chi connectivity index (χ4n) is 4.91. The highest BCUT2D eigenvalue weighted by atomic mass is 16.5. The maximum atomic E-state index is 13.4. The number of aromatic nitrogens is 2. The Kier molecular flexibility index (Phi) is 5.14. The Morgan fingerprint density at radius 1 is 1.00 bits per heavy atom. The molecular weight excluding hydrogens is 384 g/mol. The highest BCUT2D eigenvalue weighted by Gasteiger charge is 2.28. The van der Waals surface area contributed by atoms with E-state index in [0.29, 0.717) is 6.42 Å². The van der Waals surface area contributed by atoms with Gasteiger partial charge in [-0.15, -0.1) is 0 Å². The summed E-state index contributed by atoms with van der Waals surface area (Å²) in [5.74, 6) is 1.07. The first kappa shape index (κ1) is 19.7. The highest BCUT2D eigenvalue weighted by Crippen LogP contribution is 2.40. The number of carbonyl (C=O) groups excluding carboxylic acids is 1. The standard InChI is InChI=1S/C27H28N2O2/c1-3-9-24(30)26-25(20-10-5-4-6-11-20)22-12-7-8-17-28-23(18-29(26)27(22)28)19-13-15-21(31-2)16-14-19/h4-6,10-11,13-16,18H,3,7-9,12,17H2,1-2H3. The van der Waals surface area contributed by atoms with E-state index >= 15 is 0 Å². The molecule has 4 heteroatoms.